The summed E-state index contributed by atoms with van der Waals surface area (Å²) >= 11 is 6.31. The molecule has 0 aliphatic heterocycles. The quantitative estimate of drug-likeness (QED) is 0.825. The highest BCUT2D eigenvalue weighted by Crippen LogP contribution is 2.26. The molecule has 3 heteroatoms. The van der Waals surface area contributed by atoms with Crippen molar-refractivity contribution in [3.05, 3.63) is 34.3 Å². The highest BCUT2D eigenvalue weighted by Gasteiger charge is 2.14. The molecular formula is C13H20ClNO. The Hall–Kier alpha value is -0.570. The molecule has 0 saturated heterocycles. The maximum absolute atomic E-state index is 6.31. The van der Waals surface area contributed by atoms with E-state index >= 15 is 0 Å². The van der Waals surface area contributed by atoms with Crippen LogP contribution in [0.1, 0.15) is 30.5 Å². The fraction of sp³-hybridized carbons (Fsp3) is 0.538. The third-order valence-corrected chi connectivity index (χ3v) is 3.09. The predicted molar refractivity (Wildman–Crippen MR) is 69.1 cm³/mol. The third kappa shape index (κ3) is 3.48. The van der Waals surface area contributed by atoms with Crippen LogP contribution in [0.5, 0.6) is 0 Å². The van der Waals surface area contributed by atoms with Gasteiger partial charge in [-0.25, -0.2) is 0 Å². The second-order valence-corrected chi connectivity index (χ2v) is 4.32. The van der Waals surface area contributed by atoms with Gasteiger partial charge >= 0.3 is 0 Å². The van der Waals surface area contributed by atoms with E-state index in [0.717, 1.165) is 29.1 Å². The highest BCUT2D eigenvalue weighted by atomic mass is 35.5. The normalized spacial score (nSPS) is 12.8. The number of methoxy groups -OCH3 is 1. The minimum absolute atomic E-state index is 0.178. The molecule has 1 aromatic carbocycles. The van der Waals surface area contributed by atoms with E-state index in [4.69, 9.17) is 16.3 Å². The summed E-state index contributed by atoms with van der Waals surface area (Å²) in [6, 6.07) is 6.29. The molecule has 0 aliphatic carbocycles. The van der Waals surface area contributed by atoms with Crippen molar-refractivity contribution < 1.29 is 4.74 Å². The second-order valence-electron chi connectivity index (χ2n) is 3.94. The lowest BCUT2D eigenvalue weighted by Crippen LogP contribution is -2.26. The lowest BCUT2D eigenvalue weighted by molar-refractivity contribution is 0.167. The summed E-state index contributed by atoms with van der Waals surface area (Å²) in [5.74, 6) is 0. The van der Waals surface area contributed by atoms with Crippen molar-refractivity contribution in [1.29, 1.82) is 0 Å². The van der Waals surface area contributed by atoms with E-state index < -0.39 is 0 Å². The zero-order valence-corrected chi connectivity index (χ0v) is 11.0. The maximum atomic E-state index is 6.31. The van der Waals surface area contributed by atoms with E-state index in [1.807, 2.05) is 19.1 Å². The first kappa shape index (κ1) is 13.5. The van der Waals surface area contributed by atoms with E-state index in [1.54, 1.807) is 7.11 Å². The number of halogens is 1. The van der Waals surface area contributed by atoms with E-state index in [0.29, 0.717) is 6.61 Å². The van der Waals surface area contributed by atoms with Crippen LogP contribution in [-0.4, -0.2) is 20.3 Å². The molecule has 0 radical (unpaired) electrons. The van der Waals surface area contributed by atoms with Crippen molar-refractivity contribution in [2.75, 3.05) is 20.3 Å². The van der Waals surface area contributed by atoms with Crippen molar-refractivity contribution in [3.8, 4) is 0 Å². The maximum Gasteiger partial charge on any atom is 0.0658 e. The average Bonchev–Trinajstić information content (AvgIpc) is 2.28. The van der Waals surface area contributed by atoms with Crippen molar-refractivity contribution in [2.45, 2.75) is 26.3 Å². The van der Waals surface area contributed by atoms with Crippen molar-refractivity contribution in [3.63, 3.8) is 0 Å². The zero-order valence-electron chi connectivity index (χ0n) is 10.2. The Morgan fingerprint density at radius 2 is 2.19 bits per heavy atom. The molecule has 0 saturated carbocycles. The van der Waals surface area contributed by atoms with Gasteiger partial charge in [-0.3, -0.25) is 0 Å². The van der Waals surface area contributed by atoms with Crippen LogP contribution in [0.15, 0.2) is 18.2 Å². The van der Waals surface area contributed by atoms with Gasteiger partial charge < -0.3 is 10.1 Å². The number of nitrogens with one attached hydrogen (secondary N) is 1. The first-order valence-corrected chi connectivity index (χ1v) is 6.05. The fourth-order valence-corrected chi connectivity index (χ4v) is 1.94. The van der Waals surface area contributed by atoms with Crippen LogP contribution >= 0.6 is 11.6 Å². The van der Waals surface area contributed by atoms with E-state index in [-0.39, 0.29) is 6.04 Å². The smallest absolute Gasteiger partial charge is 0.0658 e. The molecule has 0 spiro atoms. The zero-order chi connectivity index (χ0) is 12.0. The summed E-state index contributed by atoms with van der Waals surface area (Å²) in [5, 5.41) is 4.29. The van der Waals surface area contributed by atoms with E-state index in [2.05, 4.69) is 18.3 Å². The molecule has 1 unspecified atom stereocenters. The Bertz CT molecular complexity index is 328. The molecule has 2 nitrogen and oxygen atoms in total. The van der Waals surface area contributed by atoms with Gasteiger partial charge in [0.05, 0.1) is 12.6 Å². The minimum atomic E-state index is 0.178. The Morgan fingerprint density at radius 1 is 1.44 bits per heavy atom. The number of aryl methyl sites for hydroxylation is 1. The Labute approximate surface area is 103 Å². The lowest BCUT2D eigenvalue weighted by atomic mass is 10.0. The molecule has 1 N–H and O–H groups in total. The van der Waals surface area contributed by atoms with Crippen molar-refractivity contribution >= 4 is 11.6 Å². The second kappa shape index (κ2) is 6.89. The molecule has 0 heterocycles. The van der Waals surface area contributed by atoms with Crippen LogP contribution in [-0.2, 0) is 4.74 Å². The molecule has 0 bridgehead atoms. The SMILES string of the molecule is CCCNC(COC)c1cccc(C)c1Cl. The minimum Gasteiger partial charge on any atom is -0.383 e. The topological polar surface area (TPSA) is 21.3 Å². The predicted octanol–water partition coefficient (Wildman–Crippen LogP) is 3.34. The molecule has 1 rings (SSSR count). The molecular weight excluding hydrogens is 222 g/mol. The largest absolute Gasteiger partial charge is 0.383 e. The summed E-state index contributed by atoms with van der Waals surface area (Å²) < 4.78 is 5.23. The Morgan fingerprint density at radius 3 is 2.81 bits per heavy atom. The van der Waals surface area contributed by atoms with Crippen LogP contribution in [0, 0.1) is 6.92 Å². The lowest BCUT2D eigenvalue weighted by Gasteiger charge is -2.20. The van der Waals surface area contributed by atoms with Gasteiger partial charge in [0.25, 0.3) is 0 Å². The first-order chi connectivity index (χ1) is 7.70. The number of benzene rings is 1. The molecule has 0 aliphatic rings. The van der Waals surface area contributed by atoms with E-state index in [1.165, 1.54) is 0 Å². The summed E-state index contributed by atoms with van der Waals surface area (Å²) in [4.78, 5) is 0. The fourth-order valence-electron chi connectivity index (χ4n) is 1.68. The number of hydrogen-bond donors (Lipinski definition) is 1. The summed E-state index contributed by atoms with van der Waals surface area (Å²) in [6.45, 7) is 5.78. The van der Waals surface area contributed by atoms with Gasteiger partial charge in [-0.05, 0) is 31.0 Å². The van der Waals surface area contributed by atoms with Crippen LogP contribution in [0.4, 0.5) is 0 Å². The monoisotopic (exact) mass is 241 g/mol. The van der Waals surface area contributed by atoms with Gasteiger partial charge in [0.15, 0.2) is 0 Å². The van der Waals surface area contributed by atoms with Crippen LogP contribution < -0.4 is 5.32 Å². The summed E-state index contributed by atoms with van der Waals surface area (Å²) in [6.07, 6.45) is 1.10. The molecule has 90 valence electrons. The van der Waals surface area contributed by atoms with Gasteiger partial charge in [0.2, 0.25) is 0 Å². The summed E-state index contributed by atoms with van der Waals surface area (Å²) in [7, 11) is 1.71. The molecule has 16 heavy (non-hydrogen) atoms. The molecule has 0 fully saturated rings. The van der Waals surface area contributed by atoms with Crippen LogP contribution in [0.2, 0.25) is 5.02 Å². The van der Waals surface area contributed by atoms with Gasteiger partial charge in [-0.1, -0.05) is 36.7 Å². The Balaban J connectivity index is 2.86. The van der Waals surface area contributed by atoms with Gasteiger partial charge in [-0.2, -0.15) is 0 Å². The summed E-state index contributed by atoms with van der Waals surface area (Å²) in [5.41, 5.74) is 2.23. The van der Waals surface area contributed by atoms with Crippen LogP contribution in [0.25, 0.3) is 0 Å². The number of rotatable bonds is 6. The average molecular weight is 242 g/mol. The van der Waals surface area contributed by atoms with Gasteiger partial charge in [0.1, 0.15) is 0 Å². The first-order valence-electron chi connectivity index (χ1n) is 5.68. The Kier molecular flexibility index (Phi) is 5.81. The molecule has 0 amide bonds. The van der Waals surface area contributed by atoms with Crippen molar-refractivity contribution in [1.82, 2.24) is 5.32 Å². The van der Waals surface area contributed by atoms with Crippen molar-refractivity contribution in [2.24, 2.45) is 0 Å². The third-order valence-electron chi connectivity index (χ3n) is 2.57. The standard InChI is InChI=1S/C13H20ClNO/c1-4-8-15-12(9-16-3)11-7-5-6-10(2)13(11)14/h5-7,12,15H,4,8-9H2,1-3H3. The molecule has 0 aromatic heterocycles. The molecule has 1 aromatic rings. The highest BCUT2D eigenvalue weighted by molar-refractivity contribution is 6.32. The van der Waals surface area contributed by atoms with Gasteiger partial charge in [0, 0.05) is 12.1 Å². The number of hydrogen-bond acceptors (Lipinski definition) is 2. The molecule has 1 atom stereocenters. The van der Waals surface area contributed by atoms with Gasteiger partial charge in [-0.15, -0.1) is 0 Å². The van der Waals surface area contributed by atoms with Crippen LogP contribution in [0.3, 0.4) is 0 Å². The number of ether oxygens (including phenoxy) is 1. The van der Waals surface area contributed by atoms with E-state index in [9.17, 15) is 0 Å².